The molecule has 3 aliphatic rings. The van der Waals surface area contributed by atoms with Crippen molar-refractivity contribution in [1.82, 2.24) is 5.32 Å². The van der Waals surface area contributed by atoms with E-state index in [2.05, 4.69) is 5.32 Å². The molecule has 1 fully saturated rings. The first-order valence-electron chi connectivity index (χ1n) is 13.4. The van der Waals surface area contributed by atoms with Crippen LogP contribution in [0.1, 0.15) is 62.5 Å². The molecule has 204 valence electrons. The molecule has 0 amide bonds. The average Bonchev–Trinajstić information content (AvgIpc) is 3.45. The molecule has 0 spiro atoms. The fourth-order valence-corrected chi connectivity index (χ4v) is 5.69. The molecule has 1 saturated heterocycles. The molecule has 2 aromatic carbocycles. The van der Waals surface area contributed by atoms with Gasteiger partial charge < -0.3 is 19.5 Å². The number of dihydropyridines is 1. The van der Waals surface area contributed by atoms with E-state index < -0.39 is 16.8 Å². The van der Waals surface area contributed by atoms with Crippen LogP contribution in [0.2, 0.25) is 0 Å². The summed E-state index contributed by atoms with van der Waals surface area (Å²) in [6, 6.07) is 13.8. The molecule has 9 nitrogen and oxygen atoms in total. The first-order valence-corrected chi connectivity index (χ1v) is 13.4. The highest BCUT2D eigenvalue weighted by Gasteiger charge is 2.41. The van der Waals surface area contributed by atoms with Crippen LogP contribution in [0.4, 0.5) is 5.69 Å². The highest BCUT2D eigenvalue weighted by atomic mass is 16.6. The largest absolute Gasteiger partial charge is 0.494 e. The number of allylic oxidation sites excluding steroid dienone is 3. The number of Topliss-reactive ketones (excluding diaryl/α,β-unsaturated/α-hetero) is 1. The zero-order valence-electron chi connectivity index (χ0n) is 22.1. The third-order valence-electron chi connectivity index (χ3n) is 7.57. The monoisotopic (exact) mass is 532 g/mol. The van der Waals surface area contributed by atoms with Gasteiger partial charge in [-0.25, -0.2) is 4.79 Å². The number of ketones is 1. The molecule has 2 aromatic rings. The van der Waals surface area contributed by atoms with Gasteiger partial charge in [0.05, 0.1) is 23.2 Å². The maximum Gasteiger partial charge on any atom is 0.336 e. The van der Waals surface area contributed by atoms with Crippen molar-refractivity contribution >= 4 is 17.4 Å². The van der Waals surface area contributed by atoms with Gasteiger partial charge in [0, 0.05) is 48.0 Å². The molecule has 0 aromatic heterocycles. The second-order valence-corrected chi connectivity index (χ2v) is 10.1. The highest BCUT2D eigenvalue weighted by Crippen LogP contribution is 2.46. The fraction of sp³-hybridized carbons (Fsp3) is 0.400. The van der Waals surface area contributed by atoms with Gasteiger partial charge in [-0.05, 0) is 62.3 Å². The van der Waals surface area contributed by atoms with Gasteiger partial charge in [0.2, 0.25) is 0 Å². The summed E-state index contributed by atoms with van der Waals surface area (Å²) in [6.07, 6.45) is 2.50. The molecule has 0 unspecified atom stereocenters. The van der Waals surface area contributed by atoms with Crippen LogP contribution in [0.5, 0.6) is 5.75 Å². The Labute approximate surface area is 227 Å². The van der Waals surface area contributed by atoms with Gasteiger partial charge in [-0.2, -0.15) is 0 Å². The first kappa shape index (κ1) is 26.6. The van der Waals surface area contributed by atoms with E-state index in [1.54, 1.807) is 19.1 Å². The molecule has 39 heavy (non-hydrogen) atoms. The minimum absolute atomic E-state index is 0.0299. The maximum atomic E-state index is 13.8. The molecule has 2 heterocycles. The lowest BCUT2D eigenvalue weighted by Crippen LogP contribution is -2.36. The molecule has 0 bridgehead atoms. The molecule has 0 radical (unpaired) electrons. The zero-order valence-corrected chi connectivity index (χ0v) is 22.1. The number of carbonyl (C=O) groups excluding carboxylic acids is 2. The number of nitro groups is 1. The van der Waals surface area contributed by atoms with Crippen molar-refractivity contribution in [3.8, 4) is 5.75 Å². The topological polar surface area (TPSA) is 117 Å². The number of nitrogens with one attached hydrogen (secondary N) is 1. The molecular formula is C30H32N2O7. The van der Waals surface area contributed by atoms with E-state index in [1.165, 1.54) is 12.1 Å². The summed E-state index contributed by atoms with van der Waals surface area (Å²) in [6.45, 7) is 5.10. The van der Waals surface area contributed by atoms with E-state index in [1.807, 2.05) is 31.2 Å². The van der Waals surface area contributed by atoms with Crippen molar-refractivity contribution in [2.75, 3.05) is 19.8 Å². The van der Waals surface area contributed by atoms with Gasteiger partial charge in [0.25, 0.3) is 5.69 Å². The smallest absolute Gasteiger partial charge is 0.336 e. The number of ether oxygens (including phenoxy) is 3. The first-order chi connectivity index (χ1) is 18.9. The normalized spacial score (nSPS) is 22.8. The predicted octanol–water partition coefficient (Wildman–Crippen LogP) is 5.08. The van der Waals surface area contributed by atoms with Gasteiger partial charge in [-0.1, -0.05) is 24.3 Å². The van der Waals surface area contributed by atoms with E-state index in [-0.39, 0.29) is 36.5 Å². The van der Waals surface area contributed by atoms with Crippen molar-refractivity contribution in [2.24, 2.45) is 0 Å². The van der Waals surface area contributed by atoms with Crippen LogP contribution in [-0.4, -0.2) is 42.6 Å². The number of rotatable bonds is 8. The molecule has 2 aliphatic heterocycles. The van der Waals surface area contributed by atoms with Gasteiger partial charge in [-0.3, -0.25) is 14.9 Å². The van der Waals surface area contributed by atoms with Crippen molar-refractivity contribution in [2.45, 2.75) is 57.5 Å². The minimum Gasteiger partial charge on any atom is -0.494 e. The summed E-state index contributed by atoms with van der Waals surface area (Å²) in [7, 11) is 0. The van der Waals surface area contributed by atoms with E-state index in [9.17, 15) is 19.7 Å². The predicted molar refractivity (Wildman–Crippen MR) is 143 cm³/mol. The van der Waals surface area contributed by atoms with Gasteiger partial charge in [0.15, 0.2) is 5.78 Å². The van der Waals surface area contributed by atoms with Gasteiger partial charge in [-0.15, -0.1) is 0 Å². The Bertz CT molecular complexity index is 1320. The van der Waals surface area contributed by atoms with Crippen molar-refractivity contribution in [3.63, 3.8) is 0 Å². The number of hydrogen-bond donors (Lipinski definition) is 1. The van der Waals surface area contributed by atoms with Crippen LogP contribution in [-0.2, 0) is 19.1 Å². The number of benzene rings is 2. The zero-order chi connectivity index (χ0) is 27.5. The second kappa shape index (κ2) is 11.4. The van der Waals surface area contributed by atoms with E-state index in [0.717, 1.165) is 29.9 Å². The Balaban J connectivity index is 1.48. The number of hydrogen-bond acceptors (Lipinski definition) is 8. The summed E-state index contributed by atoms with van der Waals surface area (Å²) in [4.78, 5) is 38.0. The summed E-state index contributed by atoms with van der Waals surface area (Å²) >= 11 is 0. The summed E-state index contributed by atoms with van der Waals surface area (Å²) in [5.74, 6) is -0.525. The Morgan fingerprint density at radius 3 is 2.46 bits per heavy atom. The molecule has 5 rings (SSSR count). The van der Waals surface area contributed by atoms with Crippen LogP contribution in [0.3, 0.4) is 0 Å². The van der Waals surface area contributed by atoms with Crippen LogP contribution in [0.15, 0.2) is 71.1 Å². The Morgan fingerprint density at radius 1 is 1.10 bits per heavy atom. The molecule has 3 atom stereocenters. The Hall–Kier alpha value is -3.98. The summed E-state index contributed by atoms with van der Waals surface area (Å²) < 4.78 is 16.8. The lowest BCUT2D eigenvalue weighted by Gasteiger charge is -2.36. The lowest BCUT2D eigenvalue weighted by molar-refractivity contribution is -0.384. The Kier molecular flexibility index (Phi) is 7.79. The van der Waals surface area contributed by atoms with E-state index in [0.29, 0.717) is 42.0 Å². The maximum absolute atomic E-state index is 13.8. The van der Waals surface area contributed by atoms with Crippen LogP contribution >= 0.6 is 0 Å². The van der Waals surface area contributed by atoms with Crippen LogP contribution in [0.25, 0.3) is 0 Å². The summed E-state index contributed by atoms with van der Waals surface area (Å²) in [5, 5.41) is 14.6. The third-order valence-corrected chi connectivity index (χ3v) is 7.57. The molecule has 1 aliphatic carbocycles. The van der Waals surface area contributed by atoms with Gasteiger partial charge >= 0.3 is 5.97 Å². The quantitative estimate of drug-likeness (QED) is 0.284. The van der Waals surface area contributed by atoms with Crippen molar-refractivity contribution < 1.29 is 28.7 Å². The van der Waals surface area contributed by atoms with Crippen LogP contribution in [0, 0.1) is 10.1 Å². The number of non-ortho nitro benzene ring substituents is 1. The molecule has 9 heteroatoms. The van der Waals surface area contributed by atoms with Gasteiger partial charge in [0.1, 0.15) is 12.4 Å². The number of esters is 1. The number of nitro benzene ring substituents is 1. The summed E-state index contributed by atoms with van der Waals surface area (Å²) in [5.41, 5.74) is 3.84. The molecule has 0 saturated carbocycles. The molecule has 1 N–H and O–H groups in total. The van der Waals surface area contributed by atoms with E-state index in [4.69, 9.17) is 14.2 Å². The fourth-order valence-electron chi connectivity index (χ4n) is 5.69. The van der Waals surface area contributed by atoms with Crippen molar-refractivity contribution in [1.29, 1.82) is 0 Å². The van der Waals surface area contributed by atoms with E-state index >= 15 is 0 Å². The SMILES string of the molecule is CCOc1ccc([C@@H]2CC(=O)C3=C(C2)NC(C)=C(C(=O)OC[C@@H]2CCCO2)[C@H]3c2ccc([N+](=O)[O-])cc2)cc1. The second-order valence-electron chi connectivity index (χ2n) is 10.1. The number of nitrogens with zero attached hydrogens (tertiary/aromatic N) is 1. The average molecular weight is 533 g/mol. The van der Waals surface area contributed by atoms with Crippen LogP contribution < -0.4 is 10.1 Å². The Morgan fingerprint density at radius 2 is 1.82 bits per heavy atom. The third kappa shape index (κ3) is 5.59. The minimum atomic E-state index is -0.687. The van der Waals surface area contributed by atoms with Crippen molar-refractivity contribution in [3.05, 3.63) is 92.3 Å². The highest BCUT2D eigenvalue weighted by molar-refractivity contribution is 6.04. The standard InChI is InChI=1S/C30H32N2O7/c1-3-37-23-12-8-19(9-13-23)21-15-25-29(26(33)16-21)28(20-6-10-22(11-7-20)32(35)36)27(18(2)31-25)30(34)39-17-24-5-4-14-38-24/h6-13,21,24,28,31H,3-5,14-17H2,1-2H3/t21-,24-,28+/m0/s1. The molecular weight excluding hydrogens is 500 g/mol. The number of carbonyl (C=O) groups is 2. The lowest BCUT2D eigenvalue weighted by atomic mass is 9.71.